The van der Waals surface area contributed by atoms with Gasteiger partial charge < -0.3 is 15.3 Å². The number of carboxylic acids is 1. The molecule has 1 atom stereocenters. The van der Waals surface area contributed by atoms with Gasteiger partial charge in [0, 0.05) is 29.2 Å². The normalized spacial score (nSPS) is 11.5. The number of amides is 2. The number of carbonyl (C=O) groups is 3. The van der Waals surface area contributed by atoms with Crippen LogP contribution in [0.4, 0.5) is 0 Å². The van der Waals surface area contributed by atoms with Crippen LogP contribution in [0, 0.1) is 0 Å². The fourth-order valence-corrected chi connectivity index (χ4v) is 2.74. The second-order valence-corrected chi connectivity index (χ2v) is 6.29. The number of hydrogen-bond donors (Lipinski definition) is 2. The van der Waals surface area contributed by atoms with Gasteiger partial charge in [0.2, 0.25) is 0 Å². The summed E-state index contributed by atoms with van der Waals surface area (Å²) in [6, 6.07) is 11.2. The molecule has 0 fully saturated rings. The van der Waals surface area contributed by atoms with Crippen LogP contribution >= 0.6 is 11.6 Å². The first-order chi connectivity index (χ1) is 12.9. The van der Waals surface area contributed by atoms with E-state index in [1.807, 2.05) is 13.8 Å². The first kappa shape index (κ1) is 20.5. The molecular formula is C20H21ClN2O4. The Morgan fingerprint density at radius 2 is 1.48 bits per heavy atom. The van der Waals surface area contributed by atoms with E-state index < -0.39 is 17.9 Å². The van der Waals surface area contributed by atoms with Gasteiger partial charge in [0.15, 0.2) is 6.04 Å². The molecule has 0 aliphatic heterocycles. The SMILES string of the molecule is CCN(CC)C(=O)c1ccc(C(=O)NC(C(=O)O)c2ccc(Cl)cc2)cc1. The maximum absolute atomic E-state index is 12.4. The predicted octanol–water partition coefficient (Wildman–Crippen LogP) is 3.38. The Labute approximate surface area is 162 Å². The van der Waals surface area contributed by atoms with Crippen molar-refractivity contribution in [2.24, 2.45) is 0 Å². The molecule has 0 heterocycles. The van der Waals surface area contributed by atoms with Crippen LogP contribution in [0.2, 0.25) is 5.02 Å². The molecule has 0 bridgehead atoms. The van der Waals surface area contributed by atoms with Gasteiger partial charge in [-0.15, -0.1) is 0 Å². The Morgan fingerprint density at radius 1 is 0.963 bits per heavy atom. The molecule has 2 N–H and O–H groups in total. The summed E-state index contributed by atoms with van der Waals surface area (Å²) in [7, 11) is 0. The zero-order chi connectivity index (χ0) is 20.0. The molecule has 0 radical (unpaired) electrons. The van der Waals surface area contributed by atoms with Crippen molar-refractivity contribution in [2.45, 2.75) is 19.9 Å². The van der Waals surface area contributed by atoms with E-state index in [0.29, 0.717) is 29.2 Å². The van der Waals surface area contributed by atoms with Gasteiger partial charge >= 0.3 is 5.97 Å². The van der Waals surface area contributed by atoms with E-state index in [2.05, 4.69) is 5.32 Å². The van der Waals surface area contributed by atoms with Crippen molar-refractivity contribution in [3.63, 3.8) is 0 Å². The molecule has 0 aliphatic rings. The number of rotatable bonds is 7. The maximum Gasteiger partial charge on any atom is 0.330 e. The fraction of sp³-hybridized carbons (Fsp3) is 0.250. The predicted molar refractivity (Wildman–Crippen MR) is 103 cm³/mol. The van der Waals surface area contributed by atoms with E-state index >= 15 is 0 Å². The molecule has 0 saturated carbocycles. The molecule has 6 nitrogen and oxygen atoms in total. The zero-order valence-electron chi connectivity index (χ0n) is 15.1. The van der Waals surface area contributed by atoms with Crippen molar-refractivity contribution in [2.75, 3.05) is 13.1 Å². The highest BCUT2D eigenvalue weighted by Gasteiger charge is 2.23. The van der Waals surface area contributed by atoms with E-state index in [9.17, 15) is 19.5 Å². The summed E-state index contributed by atoms with van der Waals surface area (Å²) in [6.45, 7) is 4.98. The number of nitrogens with one attached hydrogen (secondary N) is 1. The number of carbonyl (C=O) groups excluding carboxylic acids is 2. The number of nitrogens with zero attached hydrogens (tertiary/aromatic N) is 1. The van der Waals surface area contributed by atoms with E-state index in [1.54, 1.807) is 41.3 Å². The molecule has 2 aromatic carbocycles. The van der Waals surface area contributed by atoms with Crippen LogP contribution in [0.5, 0.6) is 0 Å². The quantitative estimate of drug-likeness (QED) is 0.761. The summed E-state index contributed by atoms with van der Waals surface area (Å²) in [5.41, 5.74) is 1.16. The molecular weight excluding hydrogens is 368 g/mol. The molecule has 2 amide bonds. The van der Waals surface area contributed by atoms with Crippen LogP contribution in [0.15, 0.2) is 48.5 Å². The lowest BCUT2D eigenvalue weighted by atomic mass is 10.1. The lowest BCUT2D eigenvalue weighted by molar-refractivity contribution is -0.139. The highest BCUT2D eigenvalue weighted by atomic mass is 35.5. The summed E-state index contributed by atoms with van der Waals surface area (Å²) in [5, 5.41) is 12.4. The summed E-state index contributed by atoms with van der Waals surface area (Å²) in [6.07, 6.45) is 0. The molecule has 0 aromatic heterocycles. The van der Waals surface area contributed by atoms with Crippen molar-refractivity contribution in [1.82, 2.24) is 10.2 Å². The van der Waals surface area contributed by atoms with Crippen LogP contribution in [0.1, 0.15) is 46.2 Å². The summed E-state index contributed by atoms with van der Waals surface area (Å²) in [5.74, 6) is -1.84. The number of hydrogen-bond acceptors (Lipinski definition) is 3. The molecule has 0 saturated heterocycles. The smallest absolute Gasteiger partial charge is 0.330 e. The van der Waals surface area contributed by atoms with E-state index in [-0.39, 0.29) is 11.5 Å². The van der Waals surface area contributed by atoms with Gasteiger partial charge in [0.25, 0.3) is 11.8 Å². The van der Waals surface area contributed by atoms with Crippen LogP contribution in [0.25, 0.3) is 0 Å². The van der Waals surface area contributed by atoms with E-state index in [1.165, 1.54) is 12.1 Å². The average molecular weight is 389 g/mol. The molecule has 2 aromatic rings. The van der Waals surface area contributed by atoms with Gasteiger partial charge in [-0.1, -0.05) is 23.7 Å². The molecule has 2 rings (SSSR count). The largest absolute Gasteiger partial charge is 0.479 e. The number of benzene rings is 2. The molecule has 27 heavy (non-hydrogen) atoms. The molecule has 7 heteroatoms. The fourth-order valence-electron chi connectivity index (χ4n) is 2.61. The lowest BCUT2D eigenvalue weighted by Gasteiger charge is -2.19. The highest BCUT2D eigenvalue weighted by Crippen LogP contribution is 2.18. The van der Waals surface area contributed by atoms with Gasteiger partial charge in [0.1, 0.15) is 0 Å². The van der Waals surface area contributed by atoms with Crippen LogP contribution < -0.4 is 5.32 Å². The Bertz CT molecular complexity index is 815. The second kappa shape index (κ2) is 9.19. The topological polar surface area (TPSA) is 86.7 Å². The molecule has 0 spiro atoms. The highest BCUT2D eigenvalue weighted by molar-refractivity contribution is 6.30. The van der Waals surface area contributed by atoms with Crippen LogP contribution in [-0.2, 0) is 4.79 Å². The Kier molecular flexibility index (Phi) is 6.96. The standard InChI is InChI=1S/C20H21ClN2O4/c1-3-23(4-2)19(25)15-7-5-14(6-8-15)18(24)22-17(20(26)27)13-9-11-16(21)12-10-13/h5-12,17H,3-4H2,1-2H3,(H,22,24)(H,26,27). The first-order valence-electron chi connectivity index (χ1n) is 8.55. The van der Waals surface area contributed by atoms with Gasteiger partial charge in [-0.25, -0.2) is 4.79 Å². The van der Waals surface area contributed by atoms with Crippen LogP contribution in [-0.4, -0.2) is 40.9 Å². The minimum Gasteiger partial charge on any atom is -0.479 e. The average Bonchev–Trinajstić information content (AvgIpc) is 2.67. The van der Waals surface area contributed by atoms with Gasteiger partial charge in [0.05, 0.1) is 0 Å². The van der Waals surface area contributed by atoms with Crippen molar-refractivity contribution in [3.8, 4) is 0 Å². The first-order valence-corrected chi connectivity index (χ1v) is 8.93. The zero-order valence-corrected chi connectivity index (χ0v) is 15.9. The van der Waals surface area contributed by atoms with Crippen molar-refractivity contribution in [3.05, 3.63) is 70.2 Å². The van der Waals surface area contributed by atoms with Crippen molar-refractivity contribution >= 4 is 29.4 Å². The summed E-state index contributed by atoms with van der Waals surface area (Å²) < 4.78 is 0. The Morgan fingerprint density at radius 3 is 1.96 bits per heavy atom. The third-order valence-corrected chi connectivity index (χ3v) is 4.42. The monoisotopic (exact) mass is 388 g/mol. The van der Waals surface area contributed by atoms with Gasteiger partial charge in [-0.05, 0) is 55.8 Å². The minimum atomic E-state index is -1.20. The molecule has 142 valence electrons. The van der Waals surface area contributed by atoms with Gasteiger partial charge in [-0.3, -0.25) is 9.59 Å². The number of carboxylic acid groups (broad SMARTS) is 1. The van der Waals surface area contributed by atoms with Crippen molar-refractivity contribution < 1.29 is 19.5 Å². The Hall–Kier alpha value is -2.86. The number of aliphatic carboxylic acids is 1. The minimum absolute atomic E-state index is 0.114. The summed E-state index contributed by atoms with van der Waals surface area (Å²) >= 11 is 5.82. The van der Waals surface area contributed by atoms with Gasteiger partial charge in [-0.2, -0.15) is 0 Å². The third kappa shape index (κ3) is 5.08. The third-order valence-electron chi connectivity index (χ3n) is 4.17. The second-order valence-electron chi connectivity index (χ2n) is 5.85. The Balaban J connectivity index is 2.15. The molecule has 0 aliphatic carbocycles. The van der Waals surface area contributed by atoms with Crippen molar-refractivity contribution in [1.29, 1.82) is 0 Å². The lowest BCUT2D eigenvalue weighted by Crippen LogP contribution is -2.34. The van der Waals surface area contributed by atoms with E-state index in [0.717, 1.165) is 0 Å². The van der Waals surface area contributed by atoms with E-state index in [4.69, 9.17) is 11.6 Å². The number of halogens is 1. The van der Waals surface area contributed by atoms with Crippen LogP contribution in [0.3, 0.4) is 0 Å². The molecule has 1 unspecified atom stereocenters. The summed E-state index contributed by atoms with van der Waals surface area (Å²) in [4.78, 5) is 38.0. The maximum atomic E-state index is 12.4.